The van der Waals surface area contributed by atoms with Crippen molar-refractivity contribution in [2.45, 2.75) is 13.0 Å². The van der Waals surface area contributed by atoms with Gasteiger partial charge in [-0.25, -0.2) is 0 Å². The smallest absolute Gasteiger partial charge is 0.275 e. The van der Waals surface area contributed by atoms with Gasteiger partial charge in [-0.2, -0.15) is 0 Å². The van der Waals surface area contributed by atoms with Crippen LogP contribution in [0.2, 0.25) is 0 Å². The molecule has 4 heterocycles. The number of nitrogens with one attached hydrogen (secondary N) is 1. The number of piperazine rings is 1. The minimum Gasteiger partial charge on any atom is -0.470 e. The van der Waals surface area contributed by atoms with Crippen molar-refractivity contribution in [3.05, 3.63) is 66.0 Å². The molecule has 2 N–H and O–H groups in total. The number of hydrogen-bond donors (Lipinski definition) is 2. The van der Waals surface area contributed by atoms with E-state index in [1.54, 1.807) is 13.1 Å². The fourth-order valence-electron chi connectivity index (χ4n) is 4.00. The van der Waals surface area contributed by atoms with Crippen LogP contribution in [-0.4, -0.2) is 64.4 Å². The van der Waals surface area contributed by atoms with Gasteiger partial charge >= 0.3 is 0 Å². The van der Waals surface area contributed by atoms with Crippen molar-refractivity contribution in [2.75, 3.05) is 26.7 Å². The number of rotatable bonds is 3. The first-order chi connectivity index (χ1) is 16.1. The molecular weight excluding hydrogens is 426 g/mol. The number of aromatic nitrogens is 1. The van der Waals surface area contributed by atoms with E-state index in [1.807, 2.05) is 48.5 Å². The highest BCUT2D eigenvalue weighted by Crippen LogP contribution is 2.36. The maximum Gasteiger partial charge on any atom is 0.275 e. The number of nitrogens with zero attached hydrogens (tertiary/aromatic N) is 2. The summed E-state index contributed by atoms with van der Waals surface area (Å²) in [6.07, 6.45) is 1.78. The van der Waals surface area contributed by atoms with Gasteiger partial charge in [-0.05, 0) is 25.1 Å². The first-order valence-corrected chi connectivity index (χ1v) is 10.6. The summed E-state index contributed by atoms with van der Waals surface area (Å²) in [5, 5.41) is 10.3. The molecular formula is C24H23N3O6. The molecule has 2 amide bonds. The van der Waals surface area contributed by atoms with Gasteiger partial charge in [0.05, 0.1) is 12.6 Å². The standard InChI is InChI=1S/C17H17N3O4.C7H6O2/c1-10(8-21)19-7-14(22)20-9-24-16(15(20)17(19)23)12-6-18-13-5-3-2-4-11(12)13;1-2-4-7-6(3-1)8-5-9-7/h2-6,10,18,21H,7-9H2,1H3;1-4H,5H2. The number of ether oxygens (including phenoxy) is 3. The van der Waals surface area contributed by atoms with E-state index in [0.717, 1.165) is 28.0 Å². The summed E-state index contributed by atoms with van der Waals surface area (Å²) in [7, 11) is 0. The van der Waals surface area contributed by atoms with Crippen LogP contribution in [0.5, 0.6) is 11.5 Å². The molecule has 3 aliphatic rings. The zero-order valence-corrected chi connectivity index (χ0v) is 18.0. The van der Waals surface area contributed by atoms with Crippen molar-refractivity contribution < 1.29 is 28.9 Å². The topological polar surface area (TPSA) is 104 Å². The number of aromatic amines is 1. The van der Waals surface area contributed by atoms with Crippen molar-refractivity contribution in [3.8, 4) is 11.5 Å². The van der Waals surface area contributed by atoms with Crippen molar-refractivity contribution in [1.29, 1.82) is 0 Å². The molecule has 0 bridgehead atoms. The molecule has 3 aromatic rings. The summed E-state index contributed by atoms with van der Waals surface area (Å²) in [4.78, 5) is 31.1. The Morgan fingerprint density at radius 3 is 2.45 bits per heavy atom. The van der Waals surface area contributed by atoms with Gasteiger partial charge in [-0.3, -0.25) is 14.5 Å². The van der Waals surface area contributed by atoms with Crippen molar-refractivity contribution in [3.63, 3.8) is 0 Å². The lowest BCUT2D eigenvalue weighted by Crippen LogP contribution is -2.54. The second kappa shape index (κ2) is 8.51. The van der Waals surface area contributed by atoms with E-state index < -0.39 is 6.04 Å². The molecule has 1 fully saturated rings. The maximum atomic E-state index is 12.9. The van der Waals surface area contributed by atoms with Gasteiger partial charge in [-0.1, -0.05) is 30.3 Å². The highest BCUT2D eigenvalue weighted by atomic mass is 16.7. The van der Waals surface area contributed by atoms with Crippen molar-refractivity contribution in [2.24, 2.45) is 0 Å². The number of hydrogen-bond acceptors (Lipinski definition) is 6. The largest absolute Gasteiger partial charge is 0.470 e. The quantitative estimate of drug-likeness (QED) is 0.636. The molecule has 1 atom stereocenters. The molecule has 9 nitrogen and oxygen atoms in total. The average molecular weight is 449 g/mol. The molecule has 9 heteroatoms. The molecule has 1 saturated heterocycles. The normalized spacial score (nSPS) is 17.6. The number of carbonyl (C=O) groups is 2. The second-order valence-corrected chi connectivity index (χ2v) is 7.84. The number of amides is 2. The van der Waals surface area contributed by atoms with Crippen LogP contribution in [0.15, 0.2) is 60.4 Å². The van der Waals surface area contributed by atoms with Gasteiger partial charge in [0.15, 0.2) is 29.7 Å². The van der Waals surface area contributed by atoms with Gasteiger partial charge in [0.2, 0.25) is 12.7 Å². The van der Waals surface area contributed by atoms with Gasteiger partial charge in [0.25, 0.3) is 5.91 Å². The number of H-pyrrole nitrogens is 1. The molecule has 2 aromatic carbocycles. The van der Waals surface area contributed by atoms with Crippen LogP contribution in [0, 0.1) is 0 Å². The summed E-state index contributed by atoms with van der Waals surface area (Å²) in [5.74, 6) is 1.59. The number of aliphatic hydroxyl groups is 1. The summed E-state index contributed by atoms with van der Waals surface area (Å²) in [6, 6.07) is 14.9. The summed E-state index contributed by atoms with van der Waals surface area (Å²) in [6.45, 7) is 1.86. The SMILES string of the molecule is CC(CO)N1CC(=O)N2COC(c3c[nH]c4ccccc34)=C2C1=O.c1ccc2c(c1)OCO2. The molecule has 0 radical (unpaired) electrons. The van der Waals surface area contributed by atoms with Crippen LogP contribution in [-0.2, 0) is 14.3 Å². The Kier molecular flexibility index (Phi) is 5.39. The third kappa shape index (κ3) is 3.66. The number of fused-ring (bicyclic) bond motifs is 3. The molecule has 0 aliphatic carbocycles. The van der Waals surface area contributed by atoms with Gasteiger partial charge in [0.1, 0.15) is 6.54 Å². The lowest BCUT2D eigenvalue weighted by atomic mass is 10.1. The van der Waals surface area contributed by atoms with E-state index in [-0.39, 0.29) is 37.4 Å². The van der Waals surface area contributed by atoms with Crippen LogP contribution in [0.25, 0.3) is 16.7 Å². The molecule has 0 saturated carbocycles. The third-order valence-electron chi connectivity index (χ3n) is 5.80. The zero-order chi connectivity index (χ0) is 22.9. The second-order valence-electron chi connectivity index (χ2n) is 7.84. The van der Waals surface area contributed by atoms with Crippen LogP contribution in [0.1, 0.15) is 12.5 Å². The number of para-hydroxylation sites is 3. The van der Waals surface area contributed by atoms with E-state index in [1.165, 1.54) is 9.80 Å². The first kappa shape index (κ1) is 20.9. The Hall–Kier alpha value is -3.98. The monoisotopic (exact) mass is 449 g/mol. The Morgan fingerprint density at radius 1 is 1.03 bits per heavy atom. The summed E-state index contributed by atoms with van der Waals surface area (Å²) in [5.41, 5.74) is 1.93. The van der Waals surface area contributed by atoms with Crippen LogP contribution < -0.4 is 9.47 Å². The van der Waals surface area contributed by atoms with Crippen LogP contribution in [0.3, 0.4) is 0 Å². The van der Waals surface area contributed by atoms with Gasteiger partial charge in [0, 0.05) is 22.7 Å². The molecule has 1 aromatic heterocycles. The van der Waals surface area contributed by atoms with Gasteiger partial charge < -0.3 is 29.2 Å². The van der Waals surface area contributed by atoms with Gasteiger partial charge in [-0.15, -0.1) is 0 Å². The Morgan fingerprint density at radius 2 is 1.73 bits per heavy atom. The lowest BCUT2D eigenvalue weighted by Gasteiger charge is -2.35. The van der Waals surface area contributed by atoms with Crippen LogP contribution in [0.4, 0.5) is 0 Å². The lowest BCUT2D eigenvalue weighted by molar-refractivity contribution is -0.148. The fraction of sp³-hybridized carbons (Fsp3) is 0.250. The van der Waals surface area contributed by atoms with E-state index >= 15 is 0 Å². The highest BCUT2D eigenvalue weighted by molar-refractivity contribution is 6.10. The predicted molar refractivity (Wildman–Crippen MR) is 119 cm³/mol. The minimum atomic E-state index is -0.430. The molecule has 33 heavy (non-hydrogen) atoms. The predicted octanol–water partition coefficient (Wildman–Crippen LogP) is 2.29. The Labute approximate surface area is 189 Å². The fourth-order valence-corrected chi connectivity index (χ4v) is 4.00. The average Bonchev–Trinajstić information content (AvgIpc) is 3.58. The third-order valence-corrected chi connectivity index (χ3v) is 5.80. The maximum absolute atomic E-state index is 12.9. The Bertz CT molecular complexity index is 1230. The molecule has 170 valence electrons. The first-order valence-electron chi connectivity index (χ1n) is 10.6. The molecule has 0 spiro atoms. The Balaban J connectivity index is 0.000000211. The van der Waals surface area contributed by atoms with E-state index in [9.17, 15) is 14.7 Å². The number of aliphatic hydroxyl groups excluding tert-OH is 1. The summed E-state index contributed by atoms with van der Waals surface area (Å²) < 4.78 is 15.9. The van der Waals surface area contributed by atoms with Crippen molar-refractivity contribution in [1.82, 2.24) is 14.8 Å². The number of benzene rings is 2. The molecule has 1 unspecified atom stereocenters. The molecule has 3 aliphatic heterocycles. The van der Waals surface area contributed by atoms with E-state index in [4.69, 9.17) is 14.2 Å². The highest BCUT2D eigenvalue weighted by Gasteiger charge is 2.43. The zero-order valence-electron chi connectivity index (χ0n) is 18.0. The summed E-state index contributed by atoms with van der Waals surface area (Å²) >= 11 is 0. The van der Waals surface area contributed by atoms with Crippen LogP contribution >= 0.6 is 0 Å². The minimum absolute atomic E-state index is 0.0378. The number of carbonyl (C=O) groups excluding carboxylic acids is 2. The van der Waals surface area contributed by atoms with E-state index in [0.29, 0.717) is 12.6 Å². The van der Waals surface area contributed by atoms with Crippen molar-refractivity contribution >= 4 is 28.5 Å². The molecule has 6 rings (SSSR count). The van der Waals surface area contributed by atoms with E-state index in [2.05, 4.69) is 4.98 Å².